The molecule has 2 aromatic heterocycles. The Bertz CT molecular complexity index is 4480. The van der Waals surface area contributed by atoms with Crippen LogP contribution >= 0.6 is 0 Å². The normalized spacial score (nSPS) is 12.2. The SMILES string of the molecule is Cc1cc(C)c(-c2ccc3c4ccc(-c5c(C)cc(C)cc5C)cc4n(-c4cc(C#N)c(-c5c(C(F)(F)F)cccc5C(F)(F)F)cc4-n4c5cc(-c6c(C)cc(C)cc6C)ccc5c5ccc(-c6c(C)cc(C)cc6C)cc54)c3c2)c(C)c1. The topological polar surface area (TPSA) is 33.6 Å². The maximum atomic E-state index is 15.6. The van der Waals surface area contributed by atoms with Crippen LogP contribution in [0.15, 0.2) is 152 Å². The minimum Gasteiger partial charge on any atom is -0.307 e. The number of halogens is 6. The number of hydrogen-bond donors (Lipinski definition) is 0. The third kappa shape index (κ3) is 9.15. The minimum atomic E-state index is -5.25. The second kappa shape index (κ2) is 20.1. The molecule has 12 rings (SSSR count). The van der Waals surface area contributed by atoms with Gasteiger partial charge in [-0.05, 0) is 221 Å². The maximum Gasteiger partial charge on any atom is 0.417 e. The lowest BCUT2D eigenvalue weighted by molar-refractivity contribution is -0.142. The Balaban J connectivity index is 1.33. The zero-order valence-corrected chi connectivity index (χ0v) is 49.0. The Hall–Kier alpha value is -9.13. The lowest BCUT2D eigenvalue weighted by Gasteiger charge is -2.23. The van der Waals surface area contributed by atoms with E-state index in [9.17, 15) is 5.26 Å². The molecular formula is C75H61F6N3. The van der Waals surface area contributed by atoms with E-state index in [1.165, 1.54) is 12.1 Å². The first-order valence-electron chi connectivity index (χ1n) is 28.2. The Labute approximate surface area is 485 Å². The van der Waals surface area contributed by atoms with Gasteiger partial charge in [0.25, 0.3) is 0 Å². The molecule has 0 spiro atoms. The molecule has 0 radical (unpaired) electrons. The molecule has 9 heteroatoms. The van der Waals surface area contributed by atoms with E-state index in [1.807, 2.05) is 4.57 Å². The second-order valence-electron chi connectivity index (χ2n) is 23.4. The molecular weight excluding hydrogens is 1060 g/mol. The Morgan fingerprint density at radius 3 is 0.833 bits per heavy atom. The average molecular weight is 1120 g/mol. The Morgan fingerprint density at radius 2 is 0.583 bits per heavy atom. The Kier molecular flexibility index (Phi) is 13.2. The number of rotatable bonds is 7. The molecule has 84 heavy (non-hydrogen) atoms. The van der Waals surface area contributed by atoms with Crippen molar-refractivity contribution in [3.8, 4) is 73.1 Å². The molecule has 0 bridgehead atoms. The summed E-state index contributed by atoms with van der Waals surface area (Å²) in [5, 5.41) is 14.8. The maximum absolute atomic E-state index is 15.6. The molecule has 3 nitrogen and oxygen atoms in total. The van der Waals surface area contributed by atoms with Gasteiger partial charge in [0.05, 0.1) is 56.2 Å². The molecule has 0 amide bonds. The van der Waals surface area contributed by atoms with Crippen LogP contribution in [0.4, 0.5) is 26.3 Å². The third-order valence-corrected chi connectivity index (χ3v) is 17.1. The standard InChI is InChI=1S/C75H61F6N3/c1-39-24-43(5)69(44(6)25-39)51-16-20-56-57-21-17-52(70-45(7)26-40(2)27-46(70)8)33-64(57)83(63(56)32-51)67-36-55(38-82)60(73-61(74(76,77)78)14-13-15-62(73)75(79,80)81)37-68(67)84-65-34-53(71-47(9)28-41(3)29-48(71)10)18-22-58(65)59-23-19-54(35-66(59)84)72-49(11)30-42(4)31-50(72)12/h13-37H,1-12H3. The molecule has 0 N–H and O–H groups in total. The molecule has 0 aliphatic heterocycles. The van der Waals surface area contributed by atoms with Crippen molar-refractivity contribution in [1.82, 2.24) is 9.13 Å². The average Bonchev–Trinajstić information content (AvgIpc) is 1.59. The van der Waals surface area contributed by atoms with Gasteiger partial charge in [0.2, 0.25) is 0 Å². The third-order valence-electron chi connectivity index (χ3n) is 17.1. The van der Waals surface area contributed by atoms with Gasteiger partial charge in [-0.2, -0.15) is 31.6 Å². The summed E-state index contributed by atoms with van der Waals surface area (Å²) < 4.78 is 97.8. The van der Waals surface area contributed by atoms with Gasteiger partial charge in [-0.3, -0.25) is 0 Å². The van der Waals surface area contributed by atoms with Crippen LogP contribution < -0.4 is 0 Å². The number of alkyl halides is 6. The summed E-state index contributed by atoms with van der Waals surface area (Å²) >= 11 is 0. The fourth-order valence-electron chi connectivity index (χ4n) is 14.3. The van der Waals surface area contributed by atoms with Crippen molar-refractivity contribution in [2.45, 2.75) is 95.4 Å². The first-order valence-corrected chi connectivity index (χ1v) is 28.2. The molecule has 0 saturated carbocycles. The summed E-state index contributed by atoms with van der Waals surface area (Å²) in [7, 11) is 0. The molecule has 12 aromatic rings. The number of benzene rings is 10. The lowest BCUT2D eigenvalue weighted by atomic mass is 9.89. The summed E-state index contributed by atoms with van der Waals surface area (Å²) in [6, 6.07) is 49.4. The van der Waals surface area contributed by atoms with E-state index >= 15 is 26.3 Å². The highest BCUT2D eigenvalue weighted by atomic mass is 19.4. The zero-order valence-electron chi connectivity index (χ0n) is 49.0. The van der Waals surface area contributed by atoms with Crippen LogP contribution in [0.1, 0.15) is 83.5 Å². The van der Waals surface area contributed by atoms with E-state index in [-0.39, 0.29) is 11.3 Å². The molecule has 0 saturated heterocycles. The number of aryl methyl sites for hydroxylation is 12. The van der Waals surface area contributed by atoms with E-state index in [2.05, 4.69) is 215 Å². The predicted molar refractivity (Wildman–Crippen MR) is 334 cm³/mol. The summed E-state index contributed by atoms with van der Waals surface area (Å²) in [4.78, 5) is 0. The van der Waals surface area contributed by atoms with E-state index in [0.717, 1.165) is 150 Å². The minimum absolute atomic E-state index is 0.262. The van der Waals surface area contributed by atoms with Crippen molar-refractivity contribution >= 4 is 43.6 Å². The van der Waals surface area contributed by atoms with Crippen LogP contribution in [-0.2, 0) is 12.4 Å². The highest BCUT2D eigenvalue weighted by molar-refractivity contribution is 6.14. The van der Waals surface area contributed by atoms with E-state index in [0.29, 0.717) is 28.9 Å². The predicted octanol–water partition coefficient (Wildman–Crippen LogP) is 21.8. The van der Waals surface area contributed by atoms with Gasteiger partial charge in [0.15, 0.2) is 0 Å². The van der Waals surface area contributed by atoms with Crippen molar-refractivity contribution in [2.75, 3.05) is 0 Å². The van der Waals surface area contributed by atoms with Gasteiger partial charge in [0, 0.05) is 32.7 Å². The molecule has 10 aromatic carbocycles. The number of hydrogen-bond acceptors (Lipinski definition) is 1. The van der Waals surface area contributed by atoms with Crippen LogP contribution in [0.5, 0.6) is 0 Å². The van der Waals surface area contributed by atoms with Gasteiger partial charge in [0.1, 0.15) is 0 Å². The van der Waals surface area contributed by atoms with E-state index in [1.54, 1.807) is 0 Å². The van der Waals surface area contributed by atoms with Gasteiger partial charge < -0.3 is 9.13 Å². The fraction of sp³-hybridized carbons (Fsp3) is 0.187. The first-order chi connectivity index (χ1) is 39.8. The zero-order chi connectivity index (χ0) is 59.7. The molecule has 0 aliphatic carbocycles. The summed E-state index contributed by atoms with van der Waals surface area (Å²) in [6.45, 7) is 24.8. The molecule has 0 unspecified atom stereocenters. The van der Waals surface area contributed by atoms with Gasteiger partial charge in [-0.1, -0.05) is 125 Å². The molecule has 0 atom stereocenters. The molecule has 0 fully saturated rings. The summed E-state index contributed by atoms with van der Waals surface area (Å²) in [5.41, 5.74) is 18.9. The number of nitriles is 1. The lowest BCUT2D eigenvalue weighted by Crippen LogP contribution is -2.15. The van der Waals surface area contributed by atoms with Gasteiger partial charge >= 0.3 is 12.4 Å². The number of nitrogens with zero attached hydrogens (tertiary/aromatic N) is 3. The van der Waals surface area contributed by atoms with Crippen LogP contribution in [-0.4, -0.2) is 9.13 Å². The fourth-order valence-corrected chi connectivity index (χ4v) is 14.3. The monoisotopic (exact) mass is 1120 g/mol. The van der Waals surface area contributed by atoms with E-state index in [4.69, 9.17) is 0 Å². The van der Waals surface area contributed by atoms with Gasteiger partial charge in [-0.25, -0.2) is 0 Å². The van der Waals surface area contributed by atoms with Crippen molar-refractivity contribution in [1.29, 1.82) is 5.26 Å². The number of fused-ring (bicyclic) bond motifs is 6. The van der Waals surface area contributed by atoms with Crippen molar-refractivity contribution < 1.29 is 26.3 Å². The highest BCUT2D eigenvalue weighted by Crippen LogP contribution is 2.50. The van der Waals surface area contributed by atoms with Crippen LogP contribution in [0.25, 0.3) is 111 Å². The summed E-state index contributed by atoms with van der Waals surface area (Å²) in [6.07, 6.45) is -10.5. The summed E-state index contributed by atoms with van der Waals surface area (Å²) in [5.74, 6) is 0. The number of aromatic nitrogens is 2. The van der Waals surface area contributed by atoms with Crippen LogP contribution in [0.3, 0.4) is 0 Å². The smallest absolute Gasteiger partial charge is 0.307 e. The highest BCUT2D eigenvalue weighted by Gasteiger charge is 2.42. The Morgan fingerprint density at radius 1 is 0.321 bits per heavy atom. The van der Waals surface area contributed by atoms with Gasteiger partial charge in [-0.15, -0.1) is 0 Å². The van der Waals surface area contributed by atoms with Crippen molar-refractivity contribution in [3.63, 3.8) is 0 Å². The largest absolute Gasteiger partial charge is 0.417 e. The molecule has 418 valence electrons. The molecule has 0 aliphatic rings. The quantitative estimate of drug-likeness (QED) is 0.146. The van der Waals surface area contributed by atoms with Crippen molar-refractivity contribution in [3.05, 3.63) is 235 Å². The first kappa shape index (κ1) is 55.4. The van der Waals surface area contributed by atoms with E-state index < -0.39 is 34.6 Å². The molecule has 2 heterocycles. The van der Waals surface area contributed by atoms with Crippen molar-refractivity contribution in [2.24, 2.45) is 0 Å². The second-order valence-corrected chi connectivity index (χ2v) is 23.4. The van der Waals surface area contributed by atoms with Crippen LogP contribution in [0, 0.1) is 94.4 Å². The van der Waals surface area contributed by atoms with Crippen LogP contribution in [0.2, 0.25) is 0 Å².